The van der Waals surface area contributed by atoms with E-state index in [2.05, 4.69) is 5.32 Å². The van der Waals surface area contributed by atoms with Crippen molar-refractivity contribution in [2.24, 2.45) is 0 Å². The predicted molar refractivity (Wildman–Crippen MR) is 101 cm³/mol. The van der Waals surface area contributed by atoms with E-state index in [0.29, 0.717) is 13.1 Å². The fourth-order valence-corrected chi connectivity index (χ4v) is 4.47. The molecule has 0 radical (unpaired) electrons. The highest BCUT2D eigenvalue weighted by atomic mass is 32.2. The van der Waals surface area contributed by atoms with Crippen LogP contribution in [0.4, 0.5) is 4.79 Å². The molecule has 28 heavy (non-hydrogen) atoms. The van der Waals surface area contributed by atoms with Crippen LogP contribution in [0, 0.1) is 0 Å². The van der Waals surface area contributed by atoms with Gasteiger partial charge in [0.25, 0.3) is 5.91 Å². The molecule has 0 bridgehead atoms. The zero-order valence-corrected chi connectivity index (χ0v) is 16.8. The summed E-state index contributed by atoms with van der Waals surface area (Å²) in [5, 5.41) is 4.48. The standard InChI is InChI=1S/C18H25N3O6S/c1-13(2)19-18(24)20-16(22)12-27-17(23)14-8-4-5-9-15(14)28(25,26)21-10-6-3-7-11-21/h4-5,8-9,13H,3,6-7,10-12H2,1-2H3,(H2,19,20,22,24). The average Bonchev–Trinajstić information content (AvgIpc) is 2.66. The van der Waals surface area contributed by atoms with Crippen molar-refractivity contribution in [3.05, 3.63) is 29.8 Å². The lowest BCUT2D eigenvalue weighted by Gasteiger charge is -2.26. The van der Waals surface area contributed by atoms with E-state index in [9.17, 15) is 22.8 Å². The van der Waals surface area contributed by atoms with Gasteiger partial charge in [-0.15, -0.1) is 0 Å². The summed E-state index contributed by atoms with van der Waals surface area (Å²) in [5.41, 5.74) is -0.146. The first-order valence-corrected chi connectivity index (χ1v) is 10.5. The zero-order valence-electron chi connectivity index (χ0n) is 15.9. The largest absolute Gasteiger partial charge is 0.452 e. The summed E-state index contributed by atoms with van der Waals surface area (Å²) in [6, 6.07) is 4.85. The Morgan fingerprint density at radius 3 is 2.39 bits per heavy atom. The number of esters is 1. The van der Waals surface area contributed by atoms with Crippen molar-refractivity contribution in [2.75, 3.05) is 19.7 Å². The van der Waals surface area contributed by atoms with Crippen LogP contribution in [0.2, 0.25) is 0 Å². The molecule has 1 saturated heterocycles. The maximum Gasteiger partial charge on any atom is 0.340 e. The van der Waals surface area contributed by atoms with Gasteiger partial charge in [0.15, 0.2) is 6.61 Å². The van der Waals surface area contributed by atoms with Crippen LogP contribution < -0.4 is 10.6 Å². The molecule has 3 amide bonds. The molecule has 0 aliphatic carbocycles. The summed E-state index contributed by atoms with van der Waals surface area (Å²) in [6.07, 6.45) is 2.50. The highest BCUT2D eigenvalue weighted by molar-refractivity contribution is 7.89. The Bertz CT molecular complexity index is 831. The fourth-order valence-electron chi connectivity index (χ4n) is 2.77. The van der Waals surface area contributed by atoms with Crippen molar-refractivity contribution in [3.63, 3.8) is 0 Å². The number of urea groups is 1. The van der Waals surface area contributed by atoms with Crippen LogP contribution in [0.15, 0.2) is 29.2 Å². The number of nitrogens with one attached hydrogen (secondary N) is 2. The maximum absolute atomic E-state index is 12.9. The Labute approximate surface area is 164 Å². The van der Waals surface area contributed by atoms with E-state index in [4.69, 9.17) is 4.74 Å². The molecule has 154 valence electrons. The van der Waals surface area contributed by atoms with E-state index < -0.39 is 34.5 Å². The smallest absolute Gasteiger partial charge is 0.340 e. The van der Waals surface area contributed by atoms with Gasteiger partial charge in [0.1, 0.15) is 0 Å². The summed E-state index contributed by atoms with van der Waals surface area (Å²) < 4.78 is 32.0. The number of carbonyl (C=O) groups excluding carboxylic acids is 3. The number of imide groups is 1. The Morgan fingerprint density at radius 2 is 1.75 bits per heavy atom. The third-order valence-electron chi connectivity index (χ3n) is 4.05. The average molecular weight is 411 g/mol. The number of rotatable bonds is 6. The first-order valence-electron chi connectivity index (χ1n) is 9.08. The molecule has 0 spiro atoms. The van der Waals surface area contributed by atoms with Crippen LogP contribution in [0.25, 0.3) is 0 Å². The molecular formula is C18H25N3O6S. The van der Waals surface area contributed by atoms with Crippen LogP contribution in [-0.4, -0.2) is 56.4 Å². The van der Waals surface area contributed by atoms with Crippen molar-refractivity contribution < 1.29 is 27.5 Å². The minimum absolute atomic E-state index is 0.146. The van der Waals surface area contributed by atoms with Gasteiger partial charge in [-0.2, -0.15) is 4.31 Å². The second-order valence-corrected chi connectivity index (χ2v) is 8.62. The van der Waals surface area contributed by atoms with Crippen molar-refractivity contribution in [3.8, 4) is 0 Å². The fraction of sp³-hybridized carbons (Fsp3) is 0.500. The van der Waals surface area contributed by atoms with E-state index in [0.717, 1.165) is 19.3 Å². The van der Waals surface area contributed by atoms with Gasteiger partial charge in [-0.3, -0.25) is 10.1 Å². The number of nitrogens with zero attached hydrogens (tertiary/aromatic N) is 1. The van der Waals surface area contributed by atoms with E-state index >= 15 is 0 Å². The first-order chi connectivity index (χ1) is 13.2. The highest BCUT2D eigenvalue weighted by Gasteiger charge is 2.30. The maximum atomic E-state index is 12.9. The summed E-state index contributed by atoms with van der Waals surface area (Å²) in [4.78, 5) is 35.4. The van der Waals surface area contributed by atoms with Gasteiger partial charge in [0.05, 0.1) is 10.5 Å². The SMILES string of the molecule is CC(C)NC(=O)NC(=O)COC(=O)c1ccccc1S(=O)(=O)N1CCCCC1. The lowest BCUT2D eigenvalue weighted by molar-refractivity contribution is -0.123. The van der Waals surface area contributed by atoms with Crippen LogP contribution in [0.3, 0.4) is 0 Å². The normalized spacial score (nSPS) is 15.1. The number of hydrogen-bond acceptors (Lipinski definition) is 6. The van der Waals surface area contributed by atoms with Crippen LogP contribution in [-0.2, 0) is 19.6 Å². The molecule has 2 N–H and O–H groups in total. The first kappa shape index (κ1) is 21.8. The summed E-state index contributed by atoms with van der Waals surface area (Å²) in [7, 11) is -3.84. The molecule has 1 aliphatic rings. The molecule has 0 unspecified atom stereocenters. The zero-order chi connectivity index (χ0) is 20.7. The molecule has 1 aromatic carbocycles. The molecule has 1 fully saturated rings. The molecule has 10 heteroatoms. The molecule has 0 aromatic heterocycles. The second-order valence-electron chi connectivity index (χ2n) is 6.71. The monoisotopic (exact) mass is 411 g/mol. The lowest BCUT2D eigenvalue weighted by atomic mass is 10.2. The van der Waals surface area contributed by atoms with Gasteiger partial charge in [0, 0.05) is 19.1 Å². The molecule has 9 nitrogen and oxygen atoms in total. The number of piperidine rings is 1. The Hall–Kier alpha value is -2.46. The third kappa shape index (κ3) is 5.77. The van der Waals surface area contributed by atoms with Gasteiger partial charge in [0.2, 0.25) is 10.0 Å². The van der Waals surface area contributed by atoms with Gasteiger partial charge in [-0.05, 0) is 38.8 Å². The second kappa shape index (κ2) is 9.65. The van der Waals surface area contributed by atoms with Gasteiger partial charge >= 0.3 is 12.0 Å². The van der Waals surface area contributed by atoms with Gasteiger partial charge in [-0.25, -0.2) is 18.0 Å². The minimum Gasteiger partial charge on any atom is -0.452 e. The van der Waals surface area contributed by atoms with E-state index in [1.54, 1.807) is 13.8 Å². The quantitative estimate of drug-likeness (QED) is 0.680. The Kier molecular flexibility index (Phi) is 7.53. The van der Waals surface area contributed by atoms with Crippen molar-refractivity contribution >= 4 is 27.9 Å². The van der Waals surface area contributed by atoms with Crippen LogP contribution >= 0.6 is 0 Å². The number of amides is 3. The van der Waals surface area contributed by atoms with E-state index in [-0.39, 0.29) is 16.5 Å². The molecule has 0 atom stereocenters. The number of ether oxygens (including phenoxy) is 1. The number of hydrogen-bond donors (Lipinski definition) is 2. The summed E-state index contributed by atoms with van der Waals surface area (Å²) >= 11 is 0. The minimum atomic E-state index is -3.84. The molecule has 0 saturated carbocycles. The Balaban J connectivity index is 2.06. The van der Waals surface area contributed by atoms with Crippen molar-refractivity contribution in [1.29, 1.82) is 0 Å². The van der Waals surface area contributed by atoms with E-state index in [1.165, 1.54) is 28.6 Å². The molecule has 1 aliphatic heterocycles. The summed E-state index contributed by atoms with van der Waals surface area (Å²) in [6.45, 7) is 3.55. The van der Waals surface area contributed by atoms with Crippen LogP contribution in [0.5, 0.6) is 0 Å². The molecule has 1 aromatic rings. The van der Waals surface area contributed by atoms with Gasteiger partial charge in [-0.1, -0.05) is 18.6 Å². The number of benzene rings is 1. The van der Waals surface area contributed by atoms with E-state index in [1.807, 2.05) is 5.32 Å². The molecule has 1 heterocycles. The van der Waals surface area contributed by atoms with Crippen molar-refractivity contribution in [1.82, 2.24) is 14.9 Å². The topological polar surface area (TPSA) is 122 Å². The number of sulfonamides is 1. The Morgan fingerprint density at radius 1 is 1.11 bits per heavy atom. The predicted octanol–water partition coefficient (Wildman–Crippen LogP) is 1.25. The molecular weight excluding hydrogens is 386 g/mol. The summed E-state index contributed by atoms with van der Waals surface area (Å²) in [5.74, 6) is -1.77. The van der Waals surface area contributed by atoms with Crippen LogP contribution in [0.1, 0.15) is 43.5 Å². The lowest BCUT2D eigenvalue weighted by Crippen LogP contribution is -2.44. The number of carbonyl (C=O) groups is 3. The highest BCUT2D eigenvalue weighted by Crippen LogP contribution is 2.24. The molecule has 2 rings (SSSR count). The third-order valence-corrected chi connectivity index (χ3v) is 6.00. The van der Waals surface area contributed by atoms with Crippen molar-refractivity contribution in [2.45, 2.75) is 44.0 Å². The van der Waals surface area contributed by atoms with Gasteiger partial charge < -0.3 is 10.1 Å².